The van der Waals surface area contributed by atoms with E-state index in [0.717, 1.165) is 18.9 Å². The van der Waals surface area contributed by atoms with Crippen molar-refractivity contribution >= 4 is 0 Å². The first-order chi connectivity index (χ1) is 8.44. The van der Waals surface area contributed by atoms with E-state index in [1.54, 1.807) is 0 Å². The second-order valence-corrected chi connectivity index (χ2v) is 7.15. The molecule has 100 valence electrons. The van der Waals surface area contributed by atoms with Crippen molar-refractivity contribution < 1.29 is 4.42 Å². The fourth-order valence-electron chi connectivity index (χ4n) is 3.80. The second kappa shape index (κ2) is 3.86. The van der Waals surface area contributed by atoms with Crippen LogP contribution < -0.4 is 5.32 Å². The minimum Gasteiger partial charge on any atom is -0.469 e. The van der Waals surface area contributed by atoms with E-state index in [2.05, 4.69) is 39.1 Å². The van der Waals surface area contributed by atoms with Crippen LogP contribution in [0.15, 0.2) is 16.7 Å². The van der Waals surface area contributed by atoms with Crippen LogP contribution in [0.1, 0.15) is 57.9 Å². The third kappa shape index (κ3) is 1.65. The summed E-state index contributed by atoms with van der Waals surface area (Å²) in [4.78, 5) is 0. The van der Waals surface area contributed by atoms with E-state index in [4.69, 9.17) is 4.42 Å². The van der Waals surface area contributed by atoms with Crippen LogP contribution in [-0.2, 0) is 6.42 Å². The molecule has 2 heteroatoms. The Hall–Kier alpha value is -0.760. The molecule has 1 aromatic heterocycles. The molecule has 1 heterocycles. The Morgan fingerprint density at radius 3 is 2.67 bits per heavy atom. The molecule has 1 aromatic rings. The van der Waals surface area contributed by atoms with Crippen molar-refractivity contribution in [3.05, 3.63) is 23.7 Å². The van der Waals surface area contributed by atoms with Gasteiger partial charge in [-0.3, -0.25) is 0 Å². The fourth-order valence-corrected chi connectivity index (χ4v) is 3.80. The molecule has 1 saturated carbocycles. The Bertz CT molecular complexity index is 430. The van der Waals surface area contributed by atoms with Crippen LogP contribution in [0.4, 0.5) is 0 Å². The molecule has 0 amide bonds. The topological polar surface area (TPSA) is 25.2 Å². The second-order valence-electron chi connectivity index (χ2n) is 7.15. The summed E-state index contributed by atoms with van der Waals surface area (Å²) in [6, 6.07) is 2.66. The van der Waals surface area contributed by atoms with Crippen LogP contribution >= 0.6 is 0 Å². The van der Waals surface area contributed by atoms with Gasteiger partial charge in [0.05, 0.1) is 6.26 Å². The van der Waals surface area contributed by atoms with Gasteiger partial charge in [-0.2, -0.15) is 0 Å². The average molecular weight is 247 g/mol. The Morgan fingerprint density at radius 2 is 2.00 bits per heavy atom. The highest BCUT2D eigenvalue weighted by molar-refractivity contribution is 5.24. The summed E-state index contributed by atoms with van der Waals surface area (Å²) >= 11 is 0. The lowest BCUT2D eigenvalue weighted by Crippen LogP contribution is -2.27. The molecular weight excluding hydrogens is 222 g/mol. The fraction of sp³-hybridized carbons (Fsp3) is 0.750. The predicted molar refractivity (Wildman–Crippen MR) is 73.4 cm³/mol. The first-order valence-corrected chi connectivity index (χ1v) is 7.24. The minimum atomic E-state index is 0.480. The number of hydrogen-bond acceptors (Lipinski definition) is 2. The monoisotopic (exact) mass is 247 g/mol. The molecule has 1 atom stereocenters. The maximum atomic E-state index is 5.55. The minimum absolute atomic E-state index is 0.480. The summed E-state index contributed by atoms with van der Waals surface area (Å²) in [5.41, 5.74) is 2.36. The zero-order chi connectivity index (χ0) is 13.0. The maximum Gasteiger partial charge on any atom is 0.108 e. The molecule has 0 saturated heterocycles. The van der Waals surface area contributed by atoms with Gasteiger partial charge in [0, 0.05) is 18.0 Å². The maximum absolute atomic E-state index is 5.55. The molecule has 0 aliphatic heterocycles. The van der Waals surface area contributed by atoms with Crippen molar-refractivity contribution in [2.24, 2.45) is 16.7 Å². The normalized spacial score (nSPS) is 29.0. The van der Waals surface area contributed by atoms with Crippen molar-refractivity contribution in [1.82, 2.24) is 5.32 Å². The average Bonchev–Trinajstić information content (AvgIpc) is 2.71. The smallest absolute Gasteiger partial charge is 0.108 e. The lowest BCUT2D eigenvalue weighted by atomic mass is 9.93. The van der Waals surface area contributed by atoms with E-state index in [1.165, 1.54) is 24.2 Å². The van der Waals surface area contributed by atoms with Gasteiger partial charge < -0.3 is 9.73 Å². The summed E-state index contributed by atoms with van der Waals surface area (Å²) in [6.45, 7) is 10.7. The van der Waals surface area contributed by atoms with E-state index in [0.29, 0.717) is 16.9 Å². The van der Waals surface area contributed by atoms with Crippen LogP contribution in [0.25, 0.3) is 0 Å². The van der Waals surface area contributed by atoms with E-state index < -0.39 is 0 Å². The quantitative estimate of drug-likeness (QED) is 0.875. The lowest BCUT2D eigenvalue weighted by molar-refractivity contribution is 0.394. The van der Waals surface area contributed by atoms with Gasteiger partial charge in [0.2, 0.25) is 0 Å². The van der Waals surface area contributed by atoms with Gasteiger partial charge in [-0.15, -0.1) is 0 Å². The molecule has 3 rings (SSSR count). The van der Waals surface area contributed by atoms with Crippen LogP contribution in [-0.4, -0.2) is 6.54 Å². The molecule has 2 nitrogen and oxygen atoms in total. The highest BCUT2D eigenvalue weighted by Gasteiger charge is 2.63. The number of furan rings is 1. The summed E-state index contributed by atoms with van der Waals surface area (Å²) in [6.07, 6.45) is 5.45. The molecule has 2 aliphatic carbocycles. The lowest BCUT2D eigenvalue weighted by Gasteiger charge is -2.23. The van der Waals surface area contributed by atoms with Gasteiger partial charge in [-0.25, -0.2) is 0 Å². The van der Waals surface area contributed by atoms with E-state index in [1.807, 2.05) is 6.26 Å². The summed E-state index contributed by atoms with van der Waals surface area (Å²) in [5.74, 6) is 2.00. The predicted octanol–water partition coefficient (Wildman–Crippen LogP) is 3.93. The zero-order valence-electron chi connectivity index (χ0n) is 12.0. The summed E-state index contributed by atoms with van der Waals surface area (Å²) < 4.78 is 5.55. The van der Waals surface area contributed by atoms with Crippen molar-refractivity contribution in [2.45, 2.75) is 53.0 Å². The highest BCUT2D eigenvalue weighted by Crippen LogP contribution is 2.68. The molecule has 18 heavy (non-hydrogen) atoms. The van der Waals surface area contributed by atoms with Crippen LogP contribution in [0.2, 0.25) is 0 Å². The summed E-state index contributed by atoms with van der Waals surface area (Å²) in [5, 5.41) is 3.78. The number of aryl methyl sites for hydroxylation is 1. The van der Waals surface area contributed by atoms with Gasteiger partial charge >= 0.3 is 0 Å². The highest BCUT2D eigenvalue weighted by atomic mass is 16.3. The standard InChI is InChI=1S/C16H25NO/c1-15(2)14(16(15,3)4)10-17-12-6-5-7-13-11(12)8-9-18-13/h8-9,12,14,17H,5-7,10H2,1-4H3. The first kappa shape index (κ1) is 12.3. The number of rotatable bonds is 3. The van der Waals surface area contributed by atoms with E-state index in [-0.39, 0.29) is 0 Å². The van der Waals surface area contributed by atoms with Crippen LogP contribution in [0.5, 0.6) is 0 Å². The molecule has 1 N–H and O–H groups in total. The van der Waals surface area contributed by atoms with Gasteiger partial charge in [-0.05, 0) is 42.2 Å². The number of nitrogens with one attached hydrogen (secondary N) is 1. The van der Waals surface area contributed by atoms with E-state index in [9.17, 15) is 0 Å². The third-order valence-corrected chi connectivity index (χ3v) is 5.94. The van der Waals surface area contributed by atoms with Crippen LogP contribution in [0.3, 0.4) is 0 Å². The number of fused-ring (bicyclic) bond motifs is 1. The van der Waals surface area contributed by atoms with Gasteiger partial charge in [-0.1, -0.05) is 27.7 Å². The Kier molecular flexibility index (Phi) is 2.64. The summed E-state index contributed by atoms with van der Waals surface area (Å²) in [7, 11) is 0. The third-order valence-electron chi connectivity index (χ3n) is 5.94. The van der Waals surface area contributed by atoms with Crippen molar-refractivity contribution in [3.63, 3.8) is 0 Å². The molecule has 0 spiro atoms. The van der Waals surface area contributed by atoms with Gasteiger partial charge in [0.1, 0.15) is 5.76 Å². The Morgan fingerprint density at radius 1 is 1.28 bits per heavy atom. The van der Waals surface area contributed by atoms with Crippen molar-refractivity contribution in [3.8, 4) is 0 Å². The number of hydrogen-bond donors (Lipinski definition) is 1. The zero-order valence-corrected chi connectivity index (χ0v) is 12.0. The van der Waals surface area contributed by atoms with Gasteiger partial charge in [0.15, 0.2) is 0 Å². The molecule has 1 fully saturated rings. The van der Waals surface area contributed by atoms with Crippen molar-refractivity contribution in [1.29, 1.82) is 0 Å². The van der Waals surface area contributed by atoms with Crippen LogP contribution in [0, 0.1) is 16.7 Å². The molecule has 0 radical (unpaired) electrons. The molecular formula is C16H25NO. The SMILES string of the molecule is CC1(C)C(CNC2CCCc3occc32)C1(C)C. The van der Waals surface area contributed by atoms with E-state index >= 15 is 0 Å². The first-order valence-electron chi connectivity index (χ1n) is 7.24. The van der Waals surface area contributed by atoms with Gasteiger partial charge in [0.25, 0.3) is 0 Å². The van der Waals surface area contributed by atoms with Crippen molar-refractivity contribution in [2.75, 3.05) is 6.54 Å². The Balaban J connectivity index is 1.64. The largest absolute Gasteiger partial charge is 0.469 e. The molecule has 0 aromatic carbocycles. The molecule has 1 unspecified atom stereocenters. The molecule has 2 aliphatic rings. The Labute approximate surface area is 110 Å². The molecule has 0 bridgehead atoms.